The first-order valence-corrected chi connectivity index (χ1v) is 7.79. The highest BCUT2D eigenvalue weighted by Gasteiger charge is 2.23. The third kappa shape index (κ3) is 3.62. The summed E-state index contributed by atoms with van der Waals surface area (Å²) in [7, 11) is 0. The van der Waals surface area contributed by atoms with Crippen molar-refractivity contribution in [3.8, 4) is 5.75 Å². The van der Waals surface area contributed by atoms with Gasteiger partial charge in [-0.15, -0.1) is 0 Å². The Kier molecular flexibility index (Phi) is 4.85. The van der Waals surface area contributed by atoms with E-state index in [-0.39, 0.29) is 23.7 Å². The van der Waals surface area contributed by atoms with Gasteiger partial charge in [-0.25, -0.2) is 0 Å². The minimum absolute atomic E-state index is 0.193. The van der Waals surface area contributed by atoms with Gasteiger partial charge in [-0.2, -0.15) is 0 Å². The number of hydrogen-bond acceptors (Lipinski definition) is 2. The van der Waals surface area contributed by atoms with Gasteiger partial charge in [0, 0.05) is 5.92 Å². The van der Waals surface area contributed by atoms with Crippen LogP contribution < -0.4 is 4.74 Å². The Morgan fingerprint density at radius 1 is 1.20 bits per heavy atom. The number of ketones is 1. The molecule has 110 valence electrons. The van der Waals surface area contributed by atoms with Gasteiger partial charge in [0.2, 0.25) is 0 Å². The van der Waals surface area contributed by atoms with Gasteiger partial charge in [0.25, 0.3) is 0 Å². The van der Waals surface area contributed by atoms with E-state index < -0.39 is 0 Å². The van der Waals surface area contributed by atoms with Crippen LogP contribution in [0.1, 0.15) is 58.4 Å². The van der Waals surface area contributed by atoms with Crippen LogP contribution in [0.25, 0.3) is 0 Å². The Morgan fingerprint density at radius 3 is 2.35 bits per heavy atom. The normalized spacial score (nSPS) is 16.4. The fourth-order valence-corrected chi connectivity index (χ4v) is 2.73. The summed E-state index contributed by atoms with van der Waals surface area (Å²) >= 11 is 0. The molecule has 0 radical (unpaired) electrons. The zero-order valence-corrected chi connectivity index (χ0v) is 12.9. The molecular weight excluding hydrogens is 248 g/mol. The van der Waals surface area contributed by atoms with Crippen LogP contribution in [0.4, 0.5) is 0 Å². The van der Waals surface area contributed by atoms with Gasteiger partial charge in [-0.3, -0.25) is 4.79 Å². The molecule has 0 aromatic heterocycles. The molecule has 20 heavy (non-hydrogen) atoms. The van der Waals surface area contributed by atoms with Gasteiger partial charge in [-0.1, -0.05) is 45.7 Å². The third-order valence-electron chi connectivity index (χ3n) is 4.71. The van der Waals surface area contributed by atoms with Gasteiger partial charge in [0.15, 0.2) is 5.78 Å². The van der Waals surface area contributed by atoms with Crippen LogP contribution in [0.5, 0.6) is 5.75 Å². The molecule has 1 saturated carbocycles. The molecule has 0 unspecified atom stereocenters. The van der Waals surface area contributed by atoms with Gasteiger partial charge >= 0.3 is 0 Å². The lowest BCUT2D eigenvalue weighted by atomic mass is 9.82. The molecule has 2 rings (SSSR count). The van der Waals surface area contributed by atoms with Crippen LogP contribution in [0.3, 0.4) is 0 Å². The Morgan fingerprint density at radius 2 is 1.80 bits per heavy atom. The van der Waals surface area contributed by atoms with Crippen molar-refractivity contribution in [1.82, 2.24) is 0 Å². The lowest BCUT2D eigenvalue weighted by Gasteiger charge is -2.23. The smallest absolute Gasteiger partial charge is 0.173 e. The lowest BCUT2D eigenvalue weighted by molar-refractivity contribution is -0.124. The van der Waals surface area contributed by atoms with E-state index >= 15 is 0 Å². The molecule has 0 spiro atoms. The van der Waals surface area contributed by atoms with Crippen molar-refractivity contribution in [3.05, 3.63) is 29.8 Å². The average Bonchev–Trinajstić information content (AvgIpc) is 2.99. The van der Waals surface area contributed by atoms with Crippen molar-refractivity contribution in [2.24, 2.45) is 5.92 Å². The maximum atomic E-state index is 12.0. The molecule has 1 aliphatic rings. The standard InChI is InChI=1S/C18H26O2/c1-4-18(2,3)15-9-11-16(12-10-15)20-13-17(19)14-7-5-6-8-14/h9-12,14H,4-8,13H2,1-3H3. The second-order valence-corrected chi connectivity index (χ2v) is 6.50. The van der Waals surface area contributed by atoms with Gasteiger partial charge in [0.05, 0.1) is 0 Å². The monoisotopic (exact) mass is 274 g/mol. The average molecular weight is 274 g/mol. The fourth-order valence-electron chi connectivity index (χ4n) is 2.73. The number of Topliss-reactive ketones (excluding diaryl/α,β-unsaturated/α-hetero) is 1. The number of benzene rings is 1. The Hall–Kier alpha value is -1.31. The van der Waals surface area contributed by atoms with Gasteiger partial charge < -0.3 is 4.74 Å². The maximum Gasteiger partial charge on any atom is 0.173 e. The van der Waals surface area contributed by atoms with Gasteiger partial charge in [-0.05, 0) is 42.4 Å². The molecule has 0 saturated heterocycles. The third-order valence-corrected chi connectivity index (χ3v) is 4.71. The molecule has 0 amide bonds. The van der Waals surface area contributed by atoms with Crippen molar-refractivity contribution in [1.29, 1.82) is 0 Å². The van der Waals surface area contributed by atoms with Gasteiger partial charge in [0.1, 0.15) is 12.4 Å². The molecule has 0 aliphatic heterocycles. The maximum absolute atomic E-state index is 12.0. The Balaban J connectivity index is 1.89. The summed E-state index contributed by atoms with van der Waals surface area (Å²) in [5, 5.41) is 0. The van der Waals surface area contributed by atoms with E-state index in [1.807, 2.05) is 12.1 Å². The zero-order chi connectivity index (χ0) is 14.6. The topological polar surface area (TPSA) is 26.3 Å². The summed E-state index contributed by atoms with van der Waals surface area (Å²) in [6.07, 6.45) is 5.58. The predicted molar refractivity (Wildman–Crippen MR) is 82.2 cm³/mol. The van der Waals surface area contributed by atoms with E-state index in [9.17, 15) is 4.79 Å². The van der Waals surface area contributed by atoms with E-state index in [1.54, 1.807) is 0 Å². The first kappa shape index (κ1) is 15.1. The lowest BCUT2D eigenvalue weighted by Crippen LogP contribution is -2.19. The summed E-state index contributed by atoms with van der Waals surface area (Å²) < 4.78 is 5.63. The van der Waals surface area contributed by atoms with Crippen LogP contribution in [-0.2, 0) is 10.2 Å². The van der Waals surface area contributed by atoms with Crippen LogP contribution in [0.2, 0.25) is 0 Å². The second-order valence-electron chi connectivity index (χ2n) is 6.50. The molecule has 2 nitrogen and oxygen atoms in total. The first-order chi connectivity index (χ1) is 9.53. The summed E-state index contributed by atoms with van der Waals surface area (Å²) in [5.41, 5.74) is 1.51. The Labute approximate surface area is 122 Å². The Bertz CT molecular complexity index is 439. The first-order valence-electron chi connectivity index (χ1n) is 7.79. The molecule has 2 heteroatoms. The minimum Gasteiger partial charge on any atom is -0.486 e. The molecule has 1 aromatic carbocycles. The highest BCUT2D eigenvalue weighted by atomic mass is 16.5. The van der Waals surface area contributed by atoms with E-state index in [0.29, 0.717) is 0 Å². The number of carbonyl (C=O) groups is 1. The summed E-state index contributed by atoms with van der Waals surface area (Å²) in [4.78, 5) is 12.0. The zero-order valence-electron chi connectivity index (χ0n) is 12.9. The largest absolute Gasteiger partial charge is 0.486 e. The van der Waals surface area contributed by atoms with E-state index in [1.165, 1.54) is 18.4 Å². The molecule has 0 N–H and O–H groups in total. The minimum atomic E-state index is 0.193. The van der Waals surface area contributed by atoms with E-state index in [4.69, 9.17) is 4.74 Å². The van der Waals surface area contributed by atoms with Crippen LogP contribution >= 0.6 is 0 Å². The second kappa shape index (κ2) is 6.43. The quantitative estimate of drug-likeness (QED) is 0.762. The fraction of sp³-hybridized carbons (Fsp3) is 0.611. The van der Waals surface area contributed by atoms with Crippen LogP contribution in [-0.4, -0.2) is 12.4 Å². The van der Waals surface area contributed by atoms with Crippen molar-refractivity contribution >= 4 is 5.78 Å². The van der Waals surface area contributed by atoms with Crippen molar-refractivity contribution < 1.29 is 9.53 Å². The molecule has 0 bridgehead atoms. The summed E-state index contributed by atoms with van der Waals surface area (Å²) in [5.74, 6) is 1.31. The SMILES string of the molecule is CCC(C)(C)c1ccc(OCC(=O)C2CCCC2)cc1. The number of hydrogen-bond donors (Lipinski definition) is 0. The highest BCUT2D eigenvalue weighted by Crippen LogP contribution is 2.28. The summed E-state index contributed by atoms with van der Waals surface area (Å²) in [6, 6.07) is 8.18. The highest BCUT2D eigenvalue weighted by molar-refractivity contribution is 5.82. The van der Waals surface area contributed by atoms with E-state index in [0.717, 1.165) is 25.0 Å². The van der Waals surface area contributed by atoms with Crippen molar-refractivity contribution in [2.75, 3.05) is 6.61 Å². The molecule has 1 aliphatic carbocycles. The van der Waals surface area contributed by atoms with Crippen LogP contribution in [0.15, 0.2) is 24.3 Å². The van der Waals surface area contributed by atoms with E-state index in [2.05, 4.69) is 32.9 Å². The van der Waals surface area contributed by atoms with Crippen molar-refractivity contribution in [2.45, 2.75) is 58.3 Å². The molecule has 1 aromatic rings. The number of ether oxygens (including phenoxy) is 1. The molecular formula is C18H26O2. The summed E-state index contributed by atoms with van der Waals surface area (Å²) in [6.45, 7) is 6.91. The predicted octanol–water partition coefficient (Wildman–Crippen LogP) is 4.51. The number of carbonyl (C=O) groups excluding carboxylic acids is 1. The number of rotatable bonds is 6. The van der Waals surface area contributed by atoms with Crippen LogP contribution in [0, 0.1) is 5.92 Å². The molecule has 0 heterocycles. The molecule has 0 atom stereocenters. The van der Waals surface area contributed by atoms with Crippen molar-refractivity contribution in [3.63, 3.8) is 0 Å². The molecule has 1 fully saturated rings.